The highest BCUT2D eigenvalue weighted by atomic mass is 35.5. The first-order chi connectivity index (χ1) is 9.35. The van der Waals surface area contributed by atoms with Crippen molar-refractivity contribution in [1.82, 2.24) is 4.31 Å². The van der Waals surface area contributed by atoms with Crippen LogP contribution in [-0.2, 0) is 14.8 Å². The lowest BCUT2D eigenvalue weighted by Gasteiger charge is -2.31. The standard InChI is InChI=1S/C11H11Cl2NO4S2/c12-7-2-1-3-8(13)10(7)20(17,18)14-4-5-19-6-9(14)11(15)16/h1-3,9H,4-6H2,(H,15,16). The Morgan fingerprint density at radius 3 is 2.50 bits per heavy atom. The van der Waals surface area contributed by atoms with Crippen LogP contribution >= 0.6 is 35.0 Å². The van der Waals surface area contributed by atoms with E-state index in [1.165, 1.54) is 30.0 Å². The van der Waals surface area contributed by atoms with Crippen molar-refractivity contribution in [2.45, 2.75) is 10.9 Å². The van der Waals surface area contributed by atoms with Gasteiger partial charge in [-0.1, -0.05) is 29.3 Å². The van der Waals surface area contributed by atoms with Gasteiger partial charge < -0.3 is 5.11 Å². The molecule has 0 aromatic heterocycles. The van der Waals surface area contributed by atoms with E-state index in [0.717, 1.165) is 4.31 Å². The van der Waals surface area contributed by atoms with Crippen molar-refractivity contribution in [3.63, 3.8) is 0 Å². The first-order valence-electron chi connectivity index (χ1n) is 5.62. The minimum absolute atomic E-state index is 0.0140. The summed E-state index contributed by atoms with van der Waals surface area (Å²) in [7, 11) is -4.04. The third kappa shape index (κ3) is 2.92. The molecule has 0 radical (unpaired) electrons. The summed E-state index contributed by atoms with van der Waals surface area (Å²) in [4.78, 5) is 11.0. The smallest absolute Gasteiger partial charge is 0.322 e. The number of benzene rings is 1. The maximum Gasteiger partial charge on any atom is 0.322 e. The van der Waals surface area contributed by atoms with Gasteiger partial charge in [-0.25, -0.2) is 8.42 Å². The molecule has 1 aliphatic rings. The molecular weight excluding hydrogens is 345 g/mol. The summed E-state index contributed by atoms with van der Waals surface area (Å²) < 4.78 is 26.2. The number of nitrogens with zero attached hydrogens (tertiary/aromatic N) is 1. The fourth-order valence-electron chi connectivity index (χ4n) is 1.92. The molecule has 1 atom stereocenters. The Hall–Kier alpha value is -0.470. The summed E-state index contributed by atoms with van der Waals surface area (Å²) in [5, 5.41) is 9.14. The van der Waals surface area contributed by atoms with Gasteiger partial charge >= 0.3 is 5.97 Å². The van der Waals surface area contributed by atoms with Gasteiger partial charge in [0.2, 0.25) is 10.0 Å². The van der Waals surface area contributed by atoms with E-state index < -0.39 is 22.0 Å². The average Bonchev–Trinajstić information content (AvgIpc) is 2.38. The number of carboxylic acid groups (broad SMARTS) is 1. The Morgan fingerprint density at radius 2 is 1.95 bits per heavy atom. The highest BCUT2D eigenvalue weighted by Crippen LogP contribution is 2.33. The van der Waals surface area contributed by atoms with Gasteiger partial charge in [0, 0.05) is 18.1 Å². The van der Waals surface area contributed by atoms with E-state index in [0.29, 0.717) is 5.75 Å². The number of rotatable bonds is 3. The molecular formula is C11H11Cl2NO4S2. The fraction of sp³-hybridized carbons (Fsp3) is 0.364. The molecule has 0 amide bonds. The lowest BCUT2D eigenvalue weighted by atomic mass is 10.3. The largest absolute Gasteiger partial charge is 0.480 e. The minimum Gasteiger partial charge on any atom is -0.480 e. The Kier molecular flexibility index (Phi) is 4.86. The highest BCUT2D eigenvalue weighted by molar-refractivity contribution is 7.99. The van der Waals surface area contributed by atoms with E-state index in [4.69, 9.17) is 23.2 Å². The SMILES string of the molecule is O=C(O)C1CSCCN1S(=O)(=O)c1c(Cl)cccc1Cl. The monoisotopic (exact) mass is 355 g/mol. The minimum atomic E-state index is -4.04. The van der Waals surface area contributed by atoms with Gasteiger partial charge in [-0.15, -0.1) is 0 Å². The molecule has 0 saturated carbocycles. The van der Waals surface area contributed by atoms with Crippen LogP contribution in [0, 0.1) is 0 Å². The number of halogens is 2. The summed E-state index contributed by atoms with van der Waals surface area (Å²) in [6.07, 6.45) is 0. The number of aliphatic carboxylic acids is 1. The van der Waals surface area contributed by atoms with Crippen molar-refractivity contribution < 1.29 is 18.3 Å². The number of hydrogen-bond acceptors (Lipinski definition) is 4. The second-order valence-corrected chi connectivity index (χ2v) is 7.89. The van der Waals surface area contributed by atoms with Gasteiger partial charge in [0.15, 0.2) is 0 Å². The van der Waals surface area contributed by atoms with Crippen molar-refractivity contribution in [3.05, 3.63) is 28.2 Å². The fourth-order valence-corrected chi connectivity index (χ4v) is 5.84. The molecule has 9 heteroatoms. The highest BCUT2D eigenvalue weighted by Gasteiger charge is 2.39. The molecule has 0 spiro atoms. The van der Waals surface area contributed by atoms with Crippen LogP contribution in [0.1, 0.15) is 0 Å². The van der Waals surface area contributed by atoms with Crippen LogP contribution in [0.4, 0.5) is 0 Å². The van der Waals surface area contributed by atoms with Crippen molar-refractivity contribution in [3.8, 4) is 0 Å². The van der Waals surface area contributed by atoms with E-state index in [9.17, 15) is 18.3 Å². The zero-order valence-corrected chi connectivity index (χ0v) is 13.3. The molecule has 1 aliphatic heterocycles. The molecule has 20 heavy (non-hydrogen) atoms. The zero-order chi connectivity index (χ0) is 14.9. The molecule has 1 unspecified atom stereocenters. The summed E-state index contributed by atoms with van der Waals surface area (Å²) in [5.74, 6) is -0.439. The quantitative estimate of drug-likeness (QED) is 0.899. The Balaban J connectivity index is 2.51. The van der Waals surface area contributed by atoms with Crippen LogP contribution in [0.2, 0.25) is 10.0 Å². The molecule has 1 aromatic carbocycles. The zero-order valence-electron chi connectivity index (χ0n) is 10.1. The number of carboxylic acids is 1. The maximum atomic E-state index is 12.6. The molecule has 1 saturated heterocycles. The third-order valence-corrected chi connectivity index (χ3v) is 6.74. The van der Waals surface area contributed by atoms with Crippen molar-refractivity contribution in [2.75, 3.05) is 18.1 Å². The van der Waals surface area contributed by atoms with Crippen molar-refractivity contribution >= 4 is 51.0 Å². The van der Waals surface area contributed by atoms with Gasteiger partial charge in [-0.3, -0.25) is 4.79 Å². The third-order valence-electron chi connectivity index (χ3n) is 2.85. The summed E-state index contributed by atoms with van der Waals surface area (Å²) in [6, 6.07) is 3.25. The second kappa shape index (κ2) is 6.11. The number of thioether (sulfide) groups is 1. The molecule has 0 bridgehead atoms. The summed E-state index contributed by atoms with van der Waals surface area (Å²) in [6.45, 7) is 0.117. The molecule has 1 aromatic rings. The lowest BCUT2D eigenvalue weighted by Crippen LogP contribution is -2.50. The van der Waals surface area contributed by atoms with Crippen LogP contribution in [-0.4, -0.2) is 47.9 Å². The number of carbonyl (C=O) groups is 1. The number of hydrogen-bond donors (Lipinski definition) is 1. The topological polar surface area (TPSA) is 74.7 Å². The molecule has 2 rings (SSSR count). The van der Waals surface area contributed by atoms with Crippen LogP contribution in [0.3, 0.4) is 0 Å². The van der Waals surface area contributed by atoms with Crippen LogP contribution in [0.15, 0.2) is 23.1 Å². The van der Waals surface area contributed by atoms with E-state index >= 15 is 0 Å². The van der Waals surface area contributed by atoms with Crippen molar-refractivity contribution in [2.24, 2.45) is 0 Å². The lowest BCUT2D eigenvalue weighted by molar-refractivity contribution is -0.140. The first kappa shape index (κ1) is 15.9. The number of sulfonamides is 1. The van der Waals surface area contributed by atoms with Crippen LogP contribution < -0.4 is 0 Å². The Labute approximate surface area is 130 Å². The van der Waals surface area contributed by atoms with E-state index in [2.05, 4.69) is 0 Å². The van der Waals surface area contributed by atoms with Gasteiger partial charge in [0.05, 0.1) is 10.0 Å². The normalized spacial score (nSPS) is 20.8. The van der Waals surface area contributed by atoms with Crippen molar-refractivity contribution in [1.29, 1.82) is 0 Å². The van der Waals surface area contributed by atoms with E-state index in [1.54, 1.807) is 0 Å². The van der Waals surface area contributed by atoms with Gasteiger partial charge in [0.1, 0.15) is 10.9 Å². The maximum absolute atomic E-state index is 12.6. The van der Waals surface area contributed by atoms with Gasteiger partial charge in [-0.2, -0.15) is 16.1 Å². The first-order valence-corrected chi connectivity index (χ1v) is 8.97. The molecule has 1 fully saturated rings. The Bertz CT molecular complexity index is 615. The predicted molar refractivity (Wildman–Crippen MR) is 79.1 cm³/mol. The van der Waals surface area contributed by atoms with E-state index in [-0.39, 0.29) is 27.2 Å². The van der Waals surface area contributed by atoms with Gasteiger partial charge in [-0.05, 0) is 12.1 Å². The second-order valence-electron chi connectivity index (χ2n) is 4.10. The Morgan fingerprint density at radius 1 is 1.35 bits per heavy atom. The van der Waals surface area contributed by atoms with Crippen LogP contribution in [0.25, 0.3) is 0 Å². The predicted octanol–water partition coefficient (Wildman–Crippen LogP) is 2.18. The molecule has 0 aliphatic carbocycles. The molecule has 1 heterocycles. The summed E-state index contributed by atoms with van der Waals surface area (Å²) in [5.41, 5.74) is 0. The molecule has 5 nitrogen and oxygen atoms in total. The van der Waals surface area contributed by atoms with E-state index in [1.807, 2.05) is 0 Å². The molecule has 1 N–H and O–H groups in total. The average molecular weight is 356 g/mol. The van der Waals surface area contributed by atoms with Gasteiger partial charge in [0.25, 0.3) is 0 Å². The summed E-state index contributed by atoms with van der Waals surface area (Å²) >= 11 is 13.2. The molecule has 110 valence electrons. The van der Waals surface area contributed by atoms with Crippen LogP contribution in [0.5, 0.6) is 0 Å².